The van der Waals surface area contributed by atoms with Crippen molar-refractivity contribution < 1.29 is 26.4 Å². The molecule has 1 aromatic heterocycles. The van der Waals surface area contributed by atoms with Crippen LogP contribution in [0.3, 0.4) is 0 Å². The van der Waals surface area contributed by atoms with Crippen LogP contribution in [0.15, 0.2) is 113 Å². The summed E-state index contributed by atoms with van der Waals surface area (Å²) in [6, 6.07) is 25.9. The highest BCUT2D eigenvalue weighted by Gasteiger charge is 2.37. The lowest BCUT2D eigenvalue weighted by Gasteiger charge is -2.13. The molecule has 1 amide bonds. The Morgan fingerprint density at radius 2 is 1.54 bits per heavy atom. The molecule has 0 saturated heterocycles. The van der Waals surface area contributed by atoms with Crippen LogP contribution in [-0.4, -0.2) is 28.7 Å². The minimum atomic E-state index is -4.67. The fraction of sp³-hybridized carbons (Fsp3) is 0.206. The van der Waals surface area contributed by atoms with Crippen LogP contribution in [0.1, 0.15) is 40.7 Å². The van der Waals surface area contributed by atoms with E-state index in [0.717, 1.165) is 17.2 Å². The standard InChI is InChI=1S/C34H29F3N4O4S/c1-22-19-26(22)20-31-38-41(29-13-7-6-12-28(29)34(35,36)37)33(43)40(31)21-23-15-17-24(18-16-23)27-11-5-8-14-30(27)46(44,45)39-32(42)25-9-3-2-4-10-25/h2-18,22,26H,19-21H2,1H3,(H,39,42). The van der Waals surface area contributed by atoms with Crippen LogP contribution in [-0.2, 0) is 29.2 Å². The molecule has 12 heteroatoms. The number of amides is 1. The van der Waals surface area contributed by atoms with Crippen LogP contribution in [0.25, 0.3) is 16.8 Å². The summed E-state index contributed by atoms with van der Waals surface area (Å²) in [7, 11) is -4.24. The summed E-state index contributed by atoms with van der Waals surface area (Å²) in [5.41, 5.74) is -0.205. The van der Waals surface area contributed by atoms with Crippen LogP contribution >= 0.6 is 0 Å². The zero-order valence-electron chi connectivity index (χ0n) is 24.6. The van der Waals surface area contributed by atoms with E-state index in [1.165, 1.54) is 41.0 Å². The van der Waals surface area contributed by atoms with Gasteiger partial charge in [-0.05, 0) is 59.7 Å². The van der Waals surface area contributed by atoms with Crippen molar-refractivity contribution in [3.8, 4) is 16.8 Å². The van der Waals surface area contributed by atoms with Crippen molar-refractivity contribution in [1.29, 1.82) is 0 Å². The highest BCUT2D eigenvalue weighted by atomic mass is 32.2. The van der Waals surface area contributed by atoms with E-state index in [2.05, 4.69) is 16.7 Å². The Bertz CT molecular complexity index is 2070. The second-order valence-corrected chi connectivity index (χ2v) is 13.0. The molecular weight excluding hydrogens is 617 g/mol. The second kappa shape index (κ2) is 12.1. The van der Waals surface area contributed by atoms with E-state index >= 15 is 0 Å². The van der Waals surface area contributed by atoms with Gasteiger partial charge in [-0.15, -0.1) is 5.10 Å². The minimum absolute atomic E-state index is 0.0524. The summed E-state index contributed by atoms with van der Waals surface area (Å²) in [5.74, 6) is 0.358. The molecule has 1 heterocycles. The lowest BCUT2D eigenvalue weighted by atomic mass is 10.0. The predicted molar refractivity (Wildman–Crippen MR) is 166 cm³/mol. The van der Waals surface area contributed by atoms with Gasteiger partial charge in [-0.25, -0.2) is 17.9 Å². The fourth-order valence-electron chi connectivity index (χ4n) is 5.46. The average molecular weight is 647 g/mol. The zero-order chi connectivity index (χ0) is 32.6. The van der Waals surface area contributed by atoms with E-state index in [1.807, 2.05) is 0 Å². The van der Waals surface area contributed by atoms with Gasteiger partial charge in [0, 0.05) is 17.5 Å². The number of carbonyl (C=O) groups is 1. The molecule has 1 aliphatic carbocycles. The molecule has 2 atom stereocenters. The Kier molecular flexibility index (Phi) is 8.15. The predicted octanol–water partition coefficient (Wildman–Crippen LogP) is 6.09. The molecule has 46 heavy (non-hydrogen) atoms. The third kappa shape index (κ3) is 6.38. The molecule has 8 nitrogen and oxygen atoms in total. The Morgan fingerprint density at radius 1 is 0.913 bits per heavy atom. The number of hydrogen-bond acceptors (Lipinski definition) is 5. The number of rotatable bonds is 9. The number of alkyl halides is 3. The van der Waals surface area contributed by atoms with E-state index in [4.69, 9.17) is 0 Å². The van der Waals surface area contributed by atoms with E-state index in [-0.39, 0.29) is 28.6 Å². The number of aromatic nitrogens is 3. The van der Waals surface area contributed by atoms with Gasteiger partial charge >= 0.3 is 11.9 Å². The van der Waals surface area contributed by atoms with E-state index in [0.29, 0.717) is 34.9 Å². The molecular formula is C34H29F3N4O4S. The quantitative estimate of drug-likeness (QED) is 0.209. The van der Waals surface area contributed by atoms with Crippen molar-refractivity contribution >= 4 is 15.9 Å². The van der Waals surface area contributed by atoms with Gasteiger partial charge in [0.2, 0.25) is 0 Å². The second-order valence-electron chi connectivity index (χ2n) is 11.4. The number of halogens is 3. The molecule has 2 unspecified atom stereocenters. The summed E-state index contributed by atoms with van der Waals surface area (Å²) in [5, 5.41) is 4.38. The van der Waals surface area contributed by atoms with Gasteiger partial charge in [-0.1, -0.05) is 79.7 Å². The van der Waals surface area contributed by atoms with Crippen LogP contribution in [0, 0.1) is 11.8 Å². The maximum Gasteiger partial charge on any atom is 0.418 e. The van der Waals surface area contributed by atoms with Gasteiger partial charge in [0.15, 0.2) is 0 Å². The van der Waals surface area contributed by atoms with Crippen LogP contribution < -0.4 is 10.4 Å². The number of sulfonamides is 1. The van der Waals surface area contributed by atoms with Gasteiger partial charge in [0.1, 0.15) is 5.82 Å². The Balaban J connectivity index is 1.30. The molecule has 1 fully saturated rings. The van der Waals surface area contributed by atoms with Crippen LogP contribution in [0.5, 0.6) is 0 Å². The lowest BCUT2D eigenvalue weighted by Crippen LogP contribution is -2.30. The number of nitrogens with zero attached hydrogens (tertiary/aromatic N) is 3. The molecule has 0 radical (unpaired) electrons. The number of para-hydroxylation sites is 1. The van der Waals surface area contributed by atoms with Gasteiger partial charge in [0.25, 0.3) is 15.9 Å². The first-order chi connectivity index (χ1) is 21.9. The number of benzene rings is 4. The largest absolute Gasteiger partial charge is 0.418 e. The lowest BCUT2D eigenvalue weighted by molar-refractivity contribution is -0.137. The molecule has 236 valence electrons. The van der Waals surface area contributed by atoms with Crippen molar-refractivity contribution in [1.82, 2.24) is 19.1 Å². The summed E-state index contributed by atoms with van der Waals surface area (Å²) < 4.78 is 72.3. The van der Waals surface area contributed by atoms with Crippen molar-refractivity contribution in [2.45, 2.75) is 37.4 Å². The van der Waals surface area contributed by atoms with Crippen molar-refractivity contribution in [2.75, 3.05) is 0 Å². The number of nitrogens with one attached hydrogen (secondary N) is 1. The summed E-state index contributed by atoms with van der Waals surface area (Å²) >= 11 is 0. The monoisotopic (exact) mass is 646 g/mol. The first-order valence-electron chi connectivity index (χ1n) is 14.6. The van der Waals surface area contributed by atoms with Crippen molar-refractivity contribution in [3.63, 3.8) is 0 Å². The smallest absolute Gasteiger partial charge is 0.274 e. The van der Waals surface area contributed by atoms with Gasteiger partial charge in [-0.2, -0.15) is 17.9 Å². The maximum absolute atomic E-state index is 13.8. The van der Waals surface area contributed by atoms with E-state index < -0.39 is 33.4 Å². The van der Waals surface area contributed by atoms with Gasteiger partial charge < -0.3 is 0 Å². The summed E-state index contributed by atoms with van der Waals surface area (Å²) in [6.07, 6.45) is -3.27. The Hall–Kier alpha value is -4.97. The molecule has 0 bridgehead atoms. The molecule has 1 aliphatic rings. The third-order valence-electron chi connectivity index (χ3n) is 8.14. The molecule has 0 aliphatic heterocycles. The fourth-order valence-corrected chi connectivity index (χ4v) is 6.66. The molecule has 6 rings (SSSR count). The van der Waals surface area contributed by atoms with Gasteiger partial charge in [0.05, 0.1) is 22.7 Å². The molecule has 4 aromatic carbocycles. The van der Waals surface area contributed by atoms with E-state index in [9.17, 15) is 31.2 Å². The topological polar surface area (TPSA) is 103 Å². The SMILES string of the molecule is CC1CC1Cc1nn(-c2ccccc2C(F)(F)F)c(=O)n1Cc1ccc(-c2ccccc2S(=O)(=O)NC(=O)c2ccccc2)cc1. The average Bonchev–Trinajstić information content (AvgIpc) is 3.66. The van der Waals surface area contributed by atoms with Crippen molar-refractivity contribution in [3.05, 3.63) is 136 Å². The summed E-state index contributed by atoms with van der Waals surface area (Å²) in [4.78, 5) is 26.1. The molecule has 1 saturated carbocycles. The Morgan fingerprint density at radius 3 is 2.22 bits per heavy atom. The highest BCUT2D eigenvalue weighted by Crippen LogP contribution is 2.40. The normalized spacial score (nSPS) is 16.3. The first-order valence-corrected chi connectivity index (χ1v) is 16.1. The first kappa shape index (κ1) is 31.0. The zero-order valence-corrected chi connectivity index (χ0v) is 25.4. The Labute approximate surface area is 263 Å². The molecule has 5 aromatic rings. The van der Waals surface area contributed by atoms with Gasteiger partial charge in [-0.3, -0.25) is 9.36 Å². The maximum atomic E-state index is 13.8. The van der Waals surface area contributed by atoms with Crippen molar-refractivity contribution in [2.24, 2.45) is 11.8 Å². The van der Waals surface area contributed by atoms with Crippen LogP contribution in [0.4, 0.5) is 13.2 Å². The van der Waals surface area contributed by atoms with E-state index in [1.54, 1.807) is 60.7 Å². The molecule has 0 spiro atoms. The number of carbonyl (C=O) groups excluding carboxylic acids is 1. The highest BCUT2D eigenvalue weighted by molar-refractivity contribution is 7.90. The molecule has 1 N–H and O–H groups in total. The summed E-state index contributed by atoms with van der Waals surface area (Å²) in [6.45, 7) is 2.13. The van der Waals surface area contributed by atoms with Crippen LogP contribution in [0.2, 0.25) is 0 Å². The number of hydrogen-bond donors (Lipinski definition) is 1. The third-order valence-corrected chi connectivity index (χ3v) is 9.53. The minimum Gasteiger partial charge on any atom is -0.274 e.